The van der Waals surface area contributed by atoms with Crippen molar-refractivity contribution in [3.05, 3.63) is 46.7 Å². The van der Waals surface area contributed by atoms with Gasteiger partial charge in [-0.05, 0) is 57.1 Å². The summed E-state index contributed by atoms with van der Waals surface area (Å²) in [6.45, 7) is 3.10. The van der Waals surface area contributed by atoms with Crippen LogP contribution in [0.4, 0.5) is 0 Å². The Balaban J connectivity index is 1.64. The van der Waals surface area contributed by atoms with Crippen LogP contribution in [-0.4, -0.2) is 51.9 Å². The van der Waals surface area contributed by atoms with Crippen LogP contribution in [0, 0.1) is 11.8 Å². The molecule has 1 aromatic carbocycles. The molecule has 0 aromatic heterocycles. The van der Waals surface area contributed by atoms with E-state index in [1.165, 1.54) is 24.2 Å². The summed E-state index contributed by atoms with van der Waals surface area (Å²) in [6.07, 6.45) is 3.99. The van der Waals surface area contributed by atoms with Crippen LogP contribution in [0.1, 0.15) is 56.6 Å². The Hall–Kier alpha value is -2.23. The highest BCUT2D eigenvalue weighted by molar-refractivity contribution is 8.00. The van der Waals surface area contributed by atoms with E-state index in [0.717, 1.165) is 31.2 Å². The van der Waals surface area contributed by atoms with Crippen molar-refractivity contribution in [2.24, 2.45) is 5.73 Å². The Morgan fingerprint density at radius 2 is 1.83 bits per heavy atom. The molecule has 2 unspecified atom stereocenters. The Kier molecular flexibility index (Phi) is 7.63. The van der Waals surface area contributed by atoms with Gasteiger partial charge in [-0.15, -0.1) is 11.8 Å². The molecule has 0 saturated carbocycles. The average molecular weight is 427 g/mol. The third kappa shape index (κ3) is 5.08. The van der Waals surface area contributed by atoms with Crippen molar-refractivity contribution < 1.29 is 14.7 Å². The zero-order chi connectivity index (χ0) is 21.7. The maximum absolute atomic E-state index is 13.0. The molecule has 0 aliphatic carbocycles. The molecule has 30 heavy (non-hydrogen) atoms. The molecule has 0 spiro atoms. The van der Waals surface area contributed by atoms with Gasteiger partial charge >= 0.3 is 0 Å². The number of nitrogens with zero attached hydrogens (tertiary/aromatic N) is 1. The van der Waals surface area contributed by atoms with Gasteiger partial charge < -0.3 is 15.7 Å². The second-order valence-electron chi connectivity index (χ2n) is 8.11. The van der Waals surface area contributed by atoms with Gasteiger partial charge in [-0.1, -0.05) is 30.0 Å². The molecule has 5 nitrogen and oxygen atoms in total. The number of allylic oxidation sites excluding steroid dienone is 1. The first-order valence-electron chi connectivity index (χ1n) is 10.5. The van der Waals surface area contributed by atoms with Gasteiger partial charge in [0.25, 0.3) is 0 Å². The number of aliphatic hydroxyl groups excluding tert-OH is 1. The van der Waals surface area contributed by atoms with E-state index in [-0.39, 0.29) is 30.4 Å². The van der Waals surface area contributed by atoms with E-state index in [1.807, 2.05) is 18.2 Å². The van der Waals surface area contributed by atoms with Gasteiger partial charge in [0.15, 0.2) is 5.78 Å². The first-order chi connectivity index (χ1) is 14.4. The van der Waals surface area contributed by atoms with E-state index in [4.69, 9.17) is 10.8 Å². The van der Waals surface area contributed by atoms with Gasteiger partial charge in [-0.3, -0.25) is 9.59 Å². The summed E-state index contributed by atoms with van der Waals surface area (Å²) in [5.41, 5.74) is 9.14. The molecule has 3 atom stereocenters. The van der Waals surface area contributed by atoms with Crippen molar-refractivity contribution in [2.75, 3.05) is 18.1 Å². The summed E-state index contributed by atoms with van der Waals surface area (Å²) in [5.74, 6) is 7.21. The predicted octanol–water partition coefficient (Wildman–Crippen LogP) is 2.82. The summed E-state index contributed by atoms with van der Waals surface area (Å²) in [6, 6.07) is 8.67. The predicted molar refractivity (Wildman–Crippen MR) is 121 cm³/mol. The minimum absolute atomic E-state index is 0.0289. The van der Waals surface area contributed by atoms with Crippen molar-refractivity contribution >= 4 is 23.5 Å². The lowest BCUT2D eigenvalue weighted by atomic mass is 9.83. The van der Waals surface area contributed by atoms with Crippen LogP contribution in [0.3, 0.4) is 0 Å². The highest BCUT2D eigenvalue weighted by Crippen LogP contribution is 2.44. The fourth-order valence-corrected chi connectivity index (χ4v) is 5.81. The minimum Gasteiger partial charge on any atom is -0.402 e. The molecule has 6 heteroatoms. The number of aliphatic hydroxyl groups is 1. The molecule has 3 N–H and O–H groups in total. The Bertz CT molecular complexity index is 881. The third-order valence-corrected chi connectivity index (χ3v) is 7.04. The van der Waals surface area contributed by atoms with E-state index in [9.17, 15) is 9.59 Å². The average Bonchev–Trinajstić information content (AvgIpc) is 2.98. The molecule has 2 aliphatic heterocycles. The molecule has 0 radical (unpaired) electrons. The maximum Gasteiger partial charge on any atom is 0.233 e. The summed E-state index contributed by atoms with van der Waals surface area (Å²) < 4.78 is 0. The van der Waals surface area contributed by atoms with E-state index in [1.54, 1.807) is 6.92 Å². The van der Waals surface area contributed by atoms with Crippen molar-refractivity contribution in [3.8, 4) is 11.8 Å². The highest BCUT2D eigenvalue weighted by atomic mass is 32.2. The van der Waals surface area contributed by atoms with Crippen LogP contribution in [-0.2, 0) is 9.59 Å². The van der Waals surface area contributed by atoms with E-state index < -0.39 is 0 Å². The lowest BCUT2D eigenvalue weighted by molar-refractivity contribution is -0.132. The Morgan fingerprint density at radius 3 is 2.43 bits per heavy atom. The fourth-order valence-electron chi connectivity index (χ4n) is 4.75. The molecule has 3 rings (SSSR count). The molecule has 2 aliphatic rings. The number of hydrogen-bond acceptors (Lipinski definition) is 5. The number of carbonyl (C=O) groups excluding carboxylic acids is 2. The lowest BCUT2D eigenvalue weighted by Crippen LogP contribution is -2.47. The summed E-state index contributed by atoms with van der Waals surface area (Å²) in [4.78, 5) is 26.7. The number of benzene rings is 1. The molecule has 160 valence electrons. The van der Waals surface area contributed by atoms with Gasteiger partial charge in [0, 0.05) is 34.7 Å². The number of nitrogens with two attached hydrogens (primary N) is 1. The van der Waals surface area contributed by atoms with Gasteiger partial charge in [-0.2, -0.15) is 0 Å². The third-order valence-electron chi connectivity index (χ3n) is 6.10. The van der Waals surface area contributed by atoms with Crippen molar-refractivity contribution in [2.45, 2.75) is 57.5 Å². The Labute approximate surface area is 183 Å². The van der Waals surface area contributed by atoms with Gasteiger partial charge in [0.2, 0.25) is 5.91 Å². The standard InChI is InChI=1S/C24H30N2O3S/c1-16(25)23(17(2)28)14-30-15-24(29)26-20-9-10-21(26)13-19(12-20)22-8-4-3-6-18(22)7-5-11-27/h3-4,6,8,19-21,27H,9-15,25H2,1-2H3/t19?,20-,21?/m0/s1. The van der Waals surface area contributed by atoms with Crippen molar-refractivity contribution in [1.82, 2.24) is 4.90 Å². The van der Waals surface area contributed by atoms with Crippen LogP contribution in [0.25, 0.3) is 0 Å². The number of fused-ring (bicyclic) bond motifs is 2. The normalized spacial score (nSPS) is 23.4. The van der Waals surface area contributed by atoms with Crippen LogP contribution in [0.15, 0.2) is 35.5 Å². The number of ketones is 1. The number of amides is 1. The molecular weight excluding hydrogens is 396 g/mol. The smallest absolute Gasteiger partial charge is 0.233 e. The second-order valence-corrected chi connectivity index (χ2v) is 9.10. The van der Waals surface area contributed by atoms with Crippen LogP contribution in [0.5, 0.6) is 0 Å². The topological polar surface area (TPSA) is 83.6 Å². The van der Waals surface area contributed by atoms with E-state index >= 15 is 0 Å². The Morgan fingerprint density at radius 1 is 1.17 bits per heavy atom. The number of piperidine rings is 1. The lowest BCUT2D eigenvalue weighted by Gasteiger charge is -2.39. The second kappa shape index (κ2) is 10.2. The van der Waals surface area contributed by atoms with Crippen molar-refractivity contribution in [1.29, 1.82) is 0 Å². The number of hydrogen-bond donors (Lipinski definition) is 2. The molecular formula is C24H30N2O3S. The zero-order valence-corrected chi connectivity index (χ0v) is 18.5. The van der Waals surface area contributed by atoms with Crippen LogP contribution >= 0.6 is 11.8 Å². The molecule has 2 bridgehead atoms. The summed E-state index contributed by atoms with van der Waals surface area (Å²) in [7, 11) is 0. The largest absolute Gasteiger partial charge is 0.402 e. The number of Topliss-reactive ketones (excluding diaryl/α,β-unsaturated/α-hetero) is 1. The molecule has 2 heterocycles. The summed E-state index contributed by atoms with van der Waals surface area (Å²) in [5, 5.41) is 9.04. The molecule has 1 amide bonds. The highest BCUT2D eigenvalue weighted by Gasteiger charge is 2.43. The van der Waals surface area contributed by atoms with Gasteiger partial charge in [0.05, 0.1) is 5.75 Å². The van der Waals surface area contributed by atoms with Gasteiger partial charge in [-0.25, -0.2) is 0 Å². The summed E-state index contributed by atoms with van der Waals surface area (Å²) >= 11 is 1.47. The number of rotatable bonds is 6. The monoisotopic (exact) mass is 426 g/mol. The zero-order valence-electron chi connectivity index (χ0n) is 17.7. The van der Waals surface area contributed by atoms with Gasteiger partial charge in [0.1, 0.15) is 6.61 Å². The molecule has 2 saturated heterocycles. The number of thioether (sulfide) groups is 1. The fraction of sp³-hybridized carbons (Fsp3) is 0.500. The maximum atomic E-state index is 13.0. The van der Waals surface area contributed by atoms with E-state index in [0.29, 0.717) is 28.7 Å². The molecule has 2 fully saturated rings. The minimum atomic E-state index is -0.144. The van der Waals surface area contributed by atoms with Crippen LogP contribution < -0.4 is 5.73 Å². The van der Waals surface area contributed by atoms with Crippen LogP contribution in [0.2, 0.25) is 0 Å². The number of carbonyl (C=O) groups is 2. The van der Waals surface area contributed by atoms with Crippen molar-refractivity contribution in [3.63, 3.8) is 0 Å². The first kappa shape index (κ1) is 22.5. The molecule has 1 aromatic rings. The van der Waals surface area contributed by atoms with E-state index in [2.05, 4.69) is 22.8 Å². The first-order valence-corrected chi connectivity index (χ1v) is 11.6. The quantitative estimate of drug-likeness (QED) is 0.540. The SMILES string of the molecule is CC(=O)C(CSCC(=O)N1C2CC[C@H]1CC(c1ccccc1C#CCO)C2)=C(C)N.